The number of hydrogen-bond acceptors (Lipinski definition) is 2. The second-order valence-electron chi connectivity index (χ2n) is 3.31. The number of H-pyrrole nitrogens is 1. The molecular weight excluding hydrogens is 162 g/mol. The predicted octanol–water partition coefficient (Wildman–Crippen LogP) is 2.25. The highest BCUT2D eigenvalue weighted by molar-refractivity contribution is 4.94. The fourth-order valence-corrected chi connectivity index (χ4v) is 1.48. The minimum Gasteiger partial charge on any atom is -0.347 e. The lowest BCUT2D eigenvalue weighted by molar-refractivity contribution is 0.493. The third kappa shape index (κ3) is 3.19. The molecule has 0 aliphatic carbocycles. The highest BCUT2D eigenvalue weighted by Gasteiger charge is 2.09. The Kier molecular flexibility index (Phi) is 4.54. The first kappa shape index (κ1) is 10.3. The molecule has 0 radical (unpaired) electrons. The topological polar surface area (TPSA) is 40.7 Å². The van der Waals surface area contributed by atoms with Crippen LogP contribution in [0.2, 0.25) is 0 Å². The van der Waals surface area contributed by atoms with Gasteiger partial charge in [-0.3, -0.25) is 0 Å². The first-order chi connectivity index (χ1) is 6.38. The van der Waals surface area contributed by atoms with Crippen molar-refractivity contribution in [3.63, 3.8) is 0 Å². The number of nitrogens with zero attached hydrogens (tertiary/aromatic N) is 1. The molecule has 3 nitrogen and oxygen atoms in total. The van der Waals surface area contributed by atoms with Crippen LogP contribution < -0.4 is 5.32 Å². The van der Waals surface area contributed by atoms with Crippen LogP contribution in [-0.2, 0) is 0 Å². The van der Waals surface area contributed by atoms with E-state index in [0.29, 0.717) is 6.04 Å². The van der Waals surface area contributed by atoms with Gasteiger partial charge < -0.3 is 10.3 Å². The first-order valence-electron chi connectivity index (χ1n) is 5.05. The number of nitrogens with one attached hydrogen (secondary N) is 2. The second kappa shape index (κ2) is 5.75. The van der Waals surface area contributed by atoms with Gasteiger partial charge in [0.05, 0.1) is 6.04 Å². The molecule has 13 heavy (non-hydrogen) atoms. The Hall–Kier alpha value is -0.830. The summed E-state index contributed by atoms with van der Waals surface area (Å²) in [6, 6.07) is 0.390. The van der Waals surface area contributed by atoms with Crippen LogP contribution in [0.5, 0.6) is 0 Å². The molecule has 0 saturated carbocycles. The highest BCUT2D eigenvalue weighted by atomic mass is 15.0. The molecule has 0 aromatic carbocycles. The van der Waals surface area contributed by atoms with Crippen molar-refractivity contribution >= 4 is 0 Å². The SMILES string of the molecule is CCCCCC(NC)c1ncc[nH]1. The molecule has 2 N–H and O–H groups in total. The zero-order chi connectivity index (χ0) is 9.52. The molecule has 1 rings (SSSR count). The lowest BCUT2D eigenvalue weighted by Crippen LogP contribution is -2.17. The van der Waals surface area contributed by atoms with Gasteiger partial charge in [-0.15, -0.1) is 0 Å². The summed E-state index contributed by atoms with van der Waals surface area (Å²) in [6.45, 7) is 2.22. The molecule has 1 aromatic rings. The summed E-state index contributed by atoms with van der Waals surface area (Å²) in [6.07, 6.45) is 8.69. The van der Waals surface area contributed by atoms with E-state index in [1.165, 1.54) is 19.3 Å². The van der Waals surface area contributed by atoms with Crippen LogP contribution in [-0.4, -0.2) is 17.0 Å². The molecule has 0 aliphatic rings. The molecular formula is C10H19N3. The summed E-state index contributed by atoms with van der Waals surface area (Å²) in [5.74, 6) is 1.05. The van der Waals surface area contributed by atoms with Crippen LogP contribution >= 0.6 is 0 Å². The van der Waals surface area contributed by atoms with E-state index in [-0.39, 0.29) is 0 Å². The van der Waals surface area contributed by atoms with Crippen molar-refractivity contribution in [2.24, 2.45) is 0 Å². The third-order valence-electron chi connectivity index (χ3n) is 2.29. The Labute approximate surface area is 80.0 Å². The van der Waals surface area contributed by atoms with Gasteiger partial charge in [-0.05, 0) is 13.5 Å². The minimum atomic E-state index is 0.390. The Bertz CT molecular complexity index is 206. The van der Waals surface area contributed by atoms with Crippen molar-refractivity contribution in [2.45, 2.75) is 38.6 Å². The number of imidazole rings is 1. The lowest BCUT2D eigenvalue weighted by Gasteiger charge is -2.12. The average Bonchev–Trinajstić information content (AvgIpc) is 2.65. The van der Waals surface area contributed by atoms with Gasteiger partial charge in [0.1, 0.15) is 5.82 Å². The fourth-order valence-electron chi connectivity index (χ4n) is 1.48. The van der Waals surface area contributed by atoms with Gasteiger partial charge in [0.15, 0.2) is 0 Å². The summed E-state index contributed by atoms with van der Waals surface area (Å²) >= 11 is 0. The van der Waals surface area contributed by atoms with Crippen LogP contribution in [0.25, 0.3) is 0 Å². The first-order valence-corrected chi connectivity index (χ1v) is 5.05. The molecule has 1 heterocycles. The summed E-state index contributed by atoms with van der Waals surface area (Å²) in [4.78, 5) is 7.39. The summed E-state index contributed by atoms with van der Waals surface area (Å²) in [5.41, 5.74) is 0. The summed E-state index contributed by atoms with van der Waals surface area (Å²) in [7, 11) is 1.99. The summed E-state index contributed by atoms with van der Waals surface area (Å²) < 4.78 is 0. The van der Waals surface area contributed by atoms with Crippen molar-refractivity contribution in [1.29, 1.82) is 0 Å². The zero-order valence-corrected chi connectivity index (χ0v) is 8.51. The molecule has 1 atom stereocenters. The Morgan fingerprint density at radius 1 is 1.54 bits per heavy atom. The van der Waals surface area contributed by atoms with Crippen molar-refractivity contribution in [2.75, 3.05) is 7.05 Å². The second-order valence-corrected chi connectivity index (χ2v) is 3.31. The number of aromatic nitrogens is 2. The quantitative estimate of drug-likeness (QED) is 0.661. The van der Waals surface area contributed by atoms with Crippen LogP contribution in [0, 0.1) is 0 Å². The van der Waals surface area contributed by atoms with Crippen molar-refractivity contribution < 1.29 is 0 Å². The largest absolute Gasteiger partial charge is 0.347 e. The number of rotatable bonds is 6. The molecule has 1 unspecified atom stereocenters. The standard InChI is InChI=1S/C10H19N3/c1-3-4-5-6-9(11-2)10-12-7-8-13-10/h7-9,11H,3-6H2,1-2H3,(H,12,13). The molecule has 0 saturated heterocycles. The van der Waals surface area contributed by atoms with E-state index >= 15 is 0 Å². The molecule has 0 aliphatic heterocycles. The molecule has 0 fully saturated rings. The summed E-state index contributed by atoms with van der Waals surface area (Å²) in [5, 5.41) is 3.27. The maximum Gasteiger partial charge on any atom is 0.123 e. The van der Waals surface area contributed by atoms with E-state index in [9.17, 15) is 0 Å². The van der Waals surface area contributed by atoms with Crippen LogP contribution in [0.1, 0.15) is 44.5 Å². The molecule has 1 aromatic heterocycles. The van der Waals surface area contributed by atoms with E-state index in [2.05, 4.69) is 22.2 Å². The van der Waals surface area contributed by atoms with Crippen LogP contribution in [0.3, 0.4) is 0 Å². The minimum absolute atomic E-state index is 0.390. The number of aromatic amines is 1. The van der Waals surface area contributed by atoms with Gasteiger partial charge in [-0.1, -0.05) is 26.2 Å². The Morgan fingerprint density at radius 3 is 2.92 bits per heavy atom. The normalized spacial score (nSPS) is 13.1. The molecule has 0 spiro atoms. The fraction of sp³-hybridized carbons (Fsp3) is 0.700. The highest BCUT2D eigenvalue weighted by Crippen LogP contribution is 2.15. The van der Waals surface area contributed by atoms with Crippen molar-refractivity contribution in [1.82, 2.24) is 15.3 Å². The van der Waals surface area contributed by atoms with E-state index < -0.39 is 0 Å². The molecule has 0 bridgehead atoms. The van der Waals surface area contributed by atoms with E-state index in [1.54, 1.807) is 6.20 Å². The number of hydrogen-bond donors (Lipinski definition) is 2. The van der Waals surface area contributed by atoms with Gasteiger partial charge >= 0.3 is 0 Å². The van der Waals surface area contributed by atoms with E-state index in [0.717, 1.165) is 12.2 Å². The van der Waals surface area contributed by atoms with Gasteiger partial charge in [-0.25, -0.2) is 4.98 Å². The molecule has 74 valence electrons. The monoisotopic (exact) mass is 181 g/mol. The maximum atomic E-state index is 4.25. The third-order valence-corrected chi connectivity index (χ3v) is 2.29. The van der Waals surface area contributed by atoms with Gasteiger partial charge in [0.25, 0.3) is 0 Å². The van der Waals surface area contributed by atoms with Gasteiger partial charge in [0, 0.05) is 12.4 Å². The predicted molar refractivity (Wildman–Crippen MR) is 54.5 cm³/mol. The van der Waals surface area contributed by atoms with E-state index in [1.807, 2.05) is 13.2 Å². The Balaban J connectivity index is 2.35. The average molecular weight is 181 g/mol. The Morgan fingerprint density at radius 2 is 2.38 bits per heavy atom. The van der Waals surface area contributed by atoms with Crippen LogP contribution in [0.4, 0.5) is 0 Å². The van der Waals surface area contributed by atoms with E-state index in [4.69, 9.17) is 0 Å². The maximum absolute atomic E-state index is 4.25. The van der Waals surface area contributed by atoms with Crippen LogP contribution in [0.15, 0.2) is 12.4 Å². The van der Waals surface area contributed by atoms with Gasteiger partial charge in [-0.2, -0.15) is 0 Å². The molecule has 0 amide bonds. The lowest BCUT2D eigenvalue weighted by atomic mass is 10.1. The molecule has 3 heteroatoms. The van der Waals surface area contributed by atoms with Crippen molar-refractivity contribution in [3.8, 4) is 0 Å². The number of unbranched alkanes of at least 4 members (excludes halogenated alkanes) is 2. The van der Waals surface area contributed by atoms with Gasteiger partial charge in [0.2, 0.25) is 0 Å². The zero-order valence-electron chi connectivity index (χ0n) is 8.51. The van der Waals surface area contributed by atoms with Crippen molar-refractivity contribution in [3.05, 3.63) is 18.2 Å². The smallest absolute Gasteiger partial charge is 0.123 e.